The first kappa shape index (κ1) is 13.4. The fourth-order valence-electron chi connectivity index (χ4n) is 2.11. The molecular weight excluding hydrogens is 284 g/mol. The maximum absolute atomic E-state index is 9.24. The molecule has 0 amide bonds. The van der Waals surface area contributed by atoms with Gasteiger partial charge in [0.05, 0.1) is 5.56 Å². The first-order chi connectivity index (χ1) is 10.3. The Morgan fingerprint density at radius 3 is 2.76 bits per heavy atom. The molecular formula is C17H11ClN2O. The Labute approximate surface area is 127 Å². The number of ether oxygens (including phenoxy) is 1. The van der Waals surface area contributed by atoms with E-state index in [0.29, 0.717) is 22.9 Å². The molecule has 0 spiro atoms. The van der Waals surface area contributed by atoms with E-state index < -0.39 is 0 Å². The highest BCUT2D eigenvalue weighted by Crippen LogP contribution is 2.30. The summed E-state index contributed by atoms with van der Waals surface area (Å²) in [5.41, 5.74) is 2.11. The molecule has 4 heteroatoms. The van der Waals surface area contributed by atoms with Crippen molar-refractivity contribution >= 4 is 22.5 Å². The third-order valence-corrected chi connectivity index (χ3v) is 3.44. The smallest absolute Gasteiger partial charge is 0.153 e. The Bertz CT molecular complexity index is 834. The summed E-state index contributed by atoms with van der Waals surface area (Å²) in [5.74, 6) is 1.50. The molecule has 0 unspecified atom stereocenters. The maximum atomic E-state index is 9.24. The van der Waals surface area contributed by atoms with Crippen LogP contribution in [0, 0.1) is 11.3 Å². The zero-order valence-corrected chi connectivity index (χ0v) is 11.8. The van der Waals surface area contributed by atoms with E-state index in [2.05, 4.69) is 11.1 Å². The molecule has 0 bridgehead atoms. The van der Waals surface area contributed by atoms with E-state index in [0.717, 1.165) is 16.5 Å². The van der Waals surface area contributed by atoms with Crippen molar-refractivity contribution in [1.82, 2.24) is 4.98 Å². The number of para-hydroxylation sites is 1. The number of aromatic nitrogens is 1. The number of halogens is 1. The Kier molecular flexibility index (Phi) is 3.72. The molecule has 0 saturated carbocycles. The fourth-order valence-corrected chi connectivity index (χ4v) is 2.28. The minimum Gasteiger partial charge on any atom is -0.454 e. The van der Waals surface area contributed by atoms with Gasteiger partial charge in [-0.05, 0) is 29.8 Å². The van der Waals surface area contributed by atoms with E-state index >= 15 is 0 Å². The van der Waals surface area contributed by atoms with Crippen molar-refractivity contribution in [2.45, 2.75) is 5.88 Å². The molecule has 0 aliphatic rings. The summed E-state index contributed by atoms with van der Waals surface area (Å²) < 4.78 is 5.89. The van der Waals surface area contributed by atoms with E-state index in [1.807, 2.05) is 36.4 Å². The molecule has 1 heterocycles. The second-order valence-electron chi connectivity index (χ2n) is 4.51. The van der Waals surface area contributed by atoms with Gasteiger partial charge in [-0.1, -0.05) is 24.3 Å². The normalized spacial score (nSPS) is 10.3. The van der Waals surface area contributed by atoms with E-state index in [9.17, 15) is 5.26 Å². The Balaban J connectivity index is 2.05. The summed E-state index contributed by atoms with van der Waals surface area (Å²) in [6.07, 6.45) is 1.72. The number of pyridine rings is 1. The van der Waals surface area contributed by atoms with Crippen molar-refractivity contribution in [3.63, 3.8) is 0 Å². The van der Waals surface area contributed by atoms with Crippen LogP contribution in [0.3, 0.4) is 0 Å². The number of hydrogen-bond acceptors (Lipinski definition) is 3. The van der Waals surface area contributed by atoms with Gasteiger partial charge in [-0.2, -0.15) is 5.26 Å². The van der Waals surface area contributed by atoms with Crippen LogP contribution in [0.4, 0.5) is 0 Å². The molecule has 102 valence electrons. The van der Waals surface area contributed by atoms with Gasteiger partial charge >= 0.3 is 0 Å². The van der Waals surface area contributed by atoms with Crippen molar-refractivity contribution in [2.24, 2.45) is 0 Å². The Morgan fingerprint density at radius 1 is 1.10 bits per heavy atom. The highest BCUT2D eigenvalue weighted by Gasteiger charge is 2.09. The van der Waals surface area contributed by atoms with Crippen molar-refractivity contribution in [2.75, 3.05) is 0 Å². The Hall–Kier alpha value is -2.57. The molecule has 0 atom stereocenters. The lowest BCUT2D eigenvalue weighted by molar-refractivity contribution is 0.485. The summed E-state index contributed by atoms with van der Waals surface area (Å²) in [6.45, 7) is 0. The maximum Gasteiger partial charge on any atom is 0.153 e. The average molecular weight is 295 g/mol. The largest absolute Gasteiger partial charge is 0.454 e. The summed E-state index contributed by atoms with van der Waals surface area (Å²) in [7, 11) is 0. The van der Waals surface area contributed by atoms with Gasteiger partial charge < -0.3 is 4.74 Å². The number of nitrogens with zero attached hydrogens (tertiary/aromatic N) is 2. The van der Waals surface area contributed by atoms with Crippen molar-refractivity contribution in [1.29, 1.82) is 5.26 Å². The van der Waals surface area contributed by atoms with Gasteiger partial charge in [0.15, 0.2) is 5.75 Å². The van der Waals surface area contributed by atoms with E-state index in [4.69, 9.17) is 16.3 Å². The van der Waals surface area contributed by atoms with Crippen LogP contribution in [0.5, 0.6) is 11.5 Å². The van der Waals surface area contributed by atoms with Crippen LogP contribution in [0.1, 0.15) is 11.1 Å². The third-order valence-electron chi connectivity index (χ3n) is 3.13. The Morgan fingerprint density at radius 2 is 1.95 bits per heavy atom. The summed E-state index contributed by atoms with van der Waals surface area (Å²) in [5, 5.41) is 10.2. The van der Waals surface area contributed by atoms with Gasteiger partial charge in [0.2, 0.25) is 0 Å². The number of hydrogen-bond donors (Lipinski definition) is 0. The zero-order chi connectivity index (χ0) is 14.7. The number of nitriles is 1. The highest BCUT2D eigenvalue weighted by molar-refractivity contribution is 6.17. The SMILES string of the molecule is N#Cc1cc(CCl)ccc1Oc1cccc2cccnc12. The average Bonchev–Trinajstić information content (AvgIpc) is 2.55. The summed E-state index contributed by atoms with van der Waals surface area (Å²) in [4.78, 5) is 4.34. The first-order valence-electron chi connectivity index (χ1n) is 6.42. The molecule has 0 radical (unpaired) electrons. The summed E-state index contributed by atoms with van der Waals surface area (Å²) in [6, 6.07) is 17.0. The van der Waals surface area contributed by atoms with Crippen molar-refractivity contribution < 1.29 is 4.74 Å². The lowest BCUT2D eigenvalue weighted by Crippen LogP contribution is -1.92. The lowest BCUT2D eigenvalue weighted by atomic mass is 10.1. The predicted molar refractivity (Wildman–Crippen MR) is 82.5 cm³/mol. The van der Waals surface area contributed by atoms with Gasteiger partial charge in [0.1, 0.15) is 17.3 Å². The molecule has 2 aromatic carbocycles. The molecule has 0 aliphatic carbocycles. The van der Waals surface area contributed by atoms with Crippen LogP contribution in [0.2, 0.25) is 0 Å². The standard InChI is InChI=1S/C17H11ClN2O/c18-10-12-6-7-15(14(9-12)11-19)21-16-5-1-3-13-4-2-8-20-17(13)16/h1-9H,10H2. The van der Waals surface area contributed by atoms with E-state index in [1.54, 1.807) is 18.3 Å². The molecule has 0 N–H and O–H groups in total. The minimum atomic E-state index is 0.366. The first-order valence-corrected chi connectivity index (χ1v) is 6.96. The molecule has 0 fully saturated rings. The van der Waals surface area contributed by atoms with Crippen LogP contribution in [0.25, 0.3) is 10.9 Å². The molecule has 21 heavy (non-hydrogen) atoms. The van der Waals surface area contributed by atoms with E-state index in [1.165, 1.54) is 0 Å². The summed E-state index contributed by atoms with van der Waals surface area (Å²) >= 11 is 5.79. The molecule has 0 aliphatic heterocycles. The van der Waals surface area contributed by atoms with Gasteiger partial charge in [-0.3, -0.25) is 4.98 Å². The number of benzene rings is 2. The second kappa shape index (κ2) is 5.82. The van der Waals surface area contributed by atoms with Crippen molar-refractivity contribution in [3.05, 3.63) is 65.9 Å². The van der Waals surface area contributed by atoms with Crippen molar-refractivity contribution in [3.8, 4) is 17.6 Å². The van der Waals surface area contributed by atoms with Crippen LogP contribution in [0.15, 0.2) is 54.7 Å². The monoisotopic (exact) mass is 294 g/mol. The van der Waals surface area contributed by atoms with Crippen LogP contribution < -0.4 is 4.74 Å². The molecule has 1 aromatic heterocycles. The quantitative estimate of drug-likeness (QED) is 0.661. The zero-order valence-electron chi connectivity index (χ0n) is 11.1. The molecule has 3 aromatic rings. The predicted octanol–water partition coefficient (Wildman–Crippen LogP) is 4.64. The minimum absolute atomic E-state index is 0.366. The van der Waals surface area contributed by atoms with Gasteiger partial charge in [0.25, 0.3) is 0 Å². The van der Waals surface area contributed by atoms with Crippen LogP contribution >= 0.6 is 11.6 Å². The third kappa shape index (κ3) is 2.67. The topological polar surface area (TPSA) is 45.9 Å². The second-order valence-corrected chi connectivity index (χ2v) is 4.78. The lowest BCUT2D eigenvalue weighted by Gasteiger charge is -2.10. The van der Waals surface area contributed by atoms with E-state index in [-0.39, 0.29) is 0 Å². The molecule has 3 nitrogen and oxygen atoms in total. The van der Waals surface area contributed by atoms with Gasteiger partial charge in [-0.15, -0.1) is 11.6 Å². The van der Waals surface area contributed by atoms with Gasteiger partial charge in [0, 0.05) is 17.5 Å². The number of rotatable bonds is 3. The number of fused-ring (bicyclic) bond motifs is 1. The molecule has 3 rings (SSSR count). The highest BCUT2D eigenvalue weighted by atomic mass is 35.5. The van der Waals surface area contributed by atoms with Crippen LogP contribution in [-0.2, 0) is 5.88 Å². The van der Waals surface area contributed by atoms with Gasteiger partial charge in [-0.25, -0.2) is 0 Å². The molecule has 0 saturated heterocycles. The van der Waals surface area contributed by atoms with Crippen LogP contribution in [-0.4, -0.2) is 4.98 Å². The number of alkyl halides is 1. The fraction of sp³-hybridized carbons (Fsp3) is 0.0588.